The first kappa shape index (κ1) is 20.3. The van der Waals surface area contributed by atoms with Gasteiger partial charge >= 0.3 is 0 Å². The molecule has 7 heteroatoms. The summed E-state index contributed by atoms with van der Waals surface area (Å²) in [7, 11) is 0. The van der Waals surface area contributed by atoms with Crippen molar-refractivity contribution in [3.8, 4) is 16.9 Å². The lowest BCUT2D eigenvalue weighted by atomic mass is 10.0. The van der Waals surface area contributed by atoms with Gasteiger partial charge in [0.25, 0.3) is 0 Å². The average molecular weight is 421 g/mol. The van der Waals surface area contributed by atoms with Crippen LogP contribution in [0.2, 0.25) is 0 Å². The van der Waals surface area contributed by atoms with Gasteiger partial charge in [-0.05, 0) is 56.1 Å². The Balaban J connectivity index is 1.51. The maximum atomic E-state index is 6.37. The van der Waals surface area contributed by atoms with Crippen LogP contribution < -0.4 is 10.1 Å². The molecular weight excluding hydrogens is 388 g/mol. The highest BCUT2D eigenvalue weighted by molar-refractivity contribution is 5.80. The third-order valence-corrected chi connectivity index (χ3v) is 6.61. The van der Waals surface area contributed by atoms with E-state index >= 15 is 0 Å². The number of aryl methyl sites for hydroxylation is 1. The summed E-state index contributed by atoms with van der Waals surface area (Å²) in [5.74, 6) is 1.80. The largest absolute Gasteiger partial charge is 0.492 e. The zero-order valence-electron chi connectivity index (χ0n) is 18.7. The van der Waals surface area contributed by atoms with Crippen LogP contribution in [0.4, 0.5) is 5.82 Å². The minimum absolute atomic E-state index is 0.374. The normalized spacial score (nSPS) is 22.5. The van der Waals surface area contributed by atoms with Gasteiger partial charge in [-0.3, -0.25) is 9.80 Å². The van der Waals surface area contributed by atoms with E-state index in [2.05, 4.69) is 59.2 Å². The van der Waals surface area contributed by atoms with Crippen molar-refractivity contribution >= 4 is 11.5 Å². The molecule has 4 bridgehead atoms. The Morgan fingerprint density at radius 1 is 1.19 bits per heavy atom. The zero-order chi connectivity index (χ0) is 21.4. The van der Waals surface area contributed by atoms with Crippen LogP contribution in [-0.2, 0) is 0 Å². The van der Waals surface area contributed by atoms with Gasteiger partial charge < -0.3 is 10.1 Å². The van der Waals surface area contributed by atoms with Crippen molar-refractivity contribution in [2.24, 2.45) is 0 Å². The molecule has 4 heterocycles. The number of aromatic nitrogens is 3. The summed E-state index contributed by atoms with van der Waals surface area (Å²) in [5, 5.41) is 8.04. The second-order valence-corrected chi connectivity index (χ2v) is 8.85. The number of nitrogens with one attached hydrogen (secondary N) is 1. The van der Waals surface area contributed by atoms with Crippen LogP contribution in [0, 0.1) is 6.92 Å². The second-order valence-electron chi connectivity index (χ2n) is 8.85. The van der Waals surface area contributed by atoms with E-state index in [-0.39, 0.29) is 0 Å². The van der Waals surface area contributed by atoms with Gasteiger partial charge in [0.1, 0.15) is 18.2 Å². The molecule has 0 unspecified atom stereocenters. The monoisotopic (exact) mass is 420 g/mol. The van der Waals surface area contributed by atoms with Crippen molar-refractivity contribution in [1.82, 2.24) is 24.4 Å². The molecule has 0 saturated carbocycles. The quantitative estimate of drug-likeness (QED) is 0.687. The number of piperazine rings is 1. The Morgan fingerprint density at radius 2 is 2.10 bits per heavy atom. The van der Waals surface area contributed by atoms with E-state index in [1.165, 1.54) is 12.0 Å². The number of rotatable bonds is 2. The molecule has 5 rings (SSSR count). The van der Waals surface area contributed by atoms with Crippen molar-refractivity contribution < 1.29 is 4.74 Å². The van der Waals surface area contributed by atoms with E-state index in [9.17, 15) is 0 Å². The van der Waals surface area contributed by atoms with Crippen LogP contribution in [-0.4, -0.2) is 75.8 Å². The lowest BCUT2D eigenvalue weighted by Crippen LogP contribution is -2.59. The highest BCUT2D eigenvalue weighted by Gasteiger charge is 2.31. The van der Waals surface area contributed by atoms with E-state index in [1.54, 1.807) is 0 Å². The van der Waals surface area contributed by atoms with E-state index < -0.39 is 0 Å². The molecule has 3 aromatic rings. The molecule has 1 fully saturated rings. The smallest absolute Gasteiger partial charge is 0.165 e. The van der Waals surface area contributed by atoms with Gasteiger partial charge in [0.15, 0.2) is 5.65 Å². The van der Waals surface area contributed by atoms with Crippen LogP contribution >= 0.6 is 0 Å². The van der Waals surface area contributed by atoms with E-state index in [0.717, 1.165) is 61.1 Å². The molecular formula is C24H32N6O. The van der Waals surface area contributed by atoms with Gasteiger partial charge in [-0.2, -0.15) is 5.10 Å². The van der Waals surface area contributed by atoms with Crippen molar-refractivity contribution in [2.75, 3.05) is 44.6 Å². The van der Waals surface area contributed by atoms with Gasteiger partial charge in [-0.25, -0.2) is 9.50 Å². The molecule has 2 aliphatic rings. The summed E-state index contributed by atoms with van der Waals surface area (Å²) in [6.45, 7) is 12.5. The van der Waals surface area contributed by atoms with Crippen molar-refractivity contribution in [1.29, 1.82) is 0 Å². The summed E-state index contributed by atoms with van der Waals surface area (Å²) in [5.41, 5.74) is 4.21. The Morgan fingerprint density at radius 3 is 2.97 bits per heavy atom. The van der Waals surface area contributed by atoms with Crippen LogP contribution in [0.25, 0.3) is 16.8 Å². The highest BCUT2D eigenvalue weighted by atomic mass is 16.5. The molecule has 1 aromatic carbocycles. The molecule has 7 nitrogen and oxygen atoms in total. The minimum Gasteiger partial charge on any atom is -0.492 e. The van der Waals surface area contributed by atoms with Crippen molar-refractivity contribution in [3.63, 3.8) is 0 Å². The second kappa shape index (κ2) is 8.48. The summed E-state index contributed by atoms with van der Waals surface area (Å²) in [6.07, 6.45) is 5.06. The number of benzene rings is 1. The number of ether oxygens (including phenoxy) is 1. The molecule has 2 aliphatic heterocycles. The maximum Gasteiger partial charge on any atom is 0.165 e. The Bertz CT molecular complexity index is 1060. The van der Waals surface area contributed by atoms with Gasteiger partial charge in [-0.15, -0.1) is 0 Å². The molecule has 1 N–H and O–H groups in total. The molecule has 164 valence electrons. The minimum atomic E-state index is 0.374. The molecule has 2 aromatic heterocycles. The highest BCUT2D eigenvalue weighted by Crippen LogP contribution is 2.31. The molecule has 1 saturated heterocycles. The number of nitrogens with zero attached hydrogens (tertiary/aromatic N) is 5. The van der Waals surface area contributed by atoms with Gasteiger partial charge in [0.2, 0.25) is 0 Å². The fraction of sp³-hybridized carbons (Fsp3) is 0.500. The number of anilines is 1. The predicted molar refractivity (Wildman–Crippen MR) is 124 cm³/mol. The first-order chi connectivity index (χ1) is 15.1. The van der Waals surface area contributed by atoms with Crippen LogP contribution in [0.3, 0.4) is 0 Å². The maximum absolute atomic E-state index is 6.37. The first-order valence-corrected chi connectivity index (χ1v) is 11.4. The van der Waals surface area contributed by atoms with Crippen molar-refractivity contribution in [3.05, 3.63) is 42.2 Å². The SMILES string of the molecule is CCCN1C[C@H]2COc3ccc(C)c(c3)-c3cnn4ccc(nc34)NCCN2C[C@H]1C. The van der Waals surface area contributed by atoms with Gasteiger partial charge in [-0.1, -0.05) is 13.0 Å². The fourth-order valence-electron chi connectivity index (χ4n) is 4.86. The predicted octanol–water partition coefficient (Wildman–Crippen LogP) is 3.29. The third kappa shape index (κ3) is 4.00. The van der Waals surface area contributed by atoms with Crippen LogP contribution in [0.1, 0.15) is 25.8 Å². The standard InChI is InChI=1S/C24H32N6O/c1-4-9-28-15-19-16-31-20-6-5-17(2)21(12-20)22-13-26-30-10-7-23(27-24(22)30)25-8-11-29(19)14-18(28)3/h5-7,10,12-13,18-19H,4,8-9,11,14-16H2,1-3H3,(H,25,27)/t18-,19+/m1/s1. The topological polar surface area (TPSA) is 57.9 Å². The third-order valence-electron chi connectivity index (χ3n) is 6.61. The molecule has 0 radical (unpaired) electrons. The molecule has 0 spiro atoms. The van der Waals surface area contributed by atoms with Gasteiger partial charge in [0, 0.05) is 44.0 Å². The Labute approximate surface area is 184 Å². The molecule has 0 aliphatic carbocycles. The zero-order valence-corrected chi connectivity index (χ0v) is 18.7. The molecule has 31 heavy (non-hydrogen) atoms. The fourth-order valence-corrected chi connectivity index (χ4v) is 4.86. The van der Waals surface area contributed by atoms with Crippen LogP contribution in [0.5, 0.6) is 5.75 Å². The summed E-state index contributed by atoms with van der Waals surface area (Å²) >= 11 is 0. The summed E-state index contributed by atoms with van der Waals surface area (Å²) in [6, 6.07) is 9.29. The van der Waals surface area contributed by atoms with E-state index in [0.29, 0.717) is 18.7 Å². The Kier molecular flexibility index (Phi) is 5.54. The lowest BCUT2D eigenvalue weighted by molar-refractivity contribution is 0.0170. The van der Waals surface area contributed by atoms with E-state index in [1.807, 2.05) is 23.0 Å². The lowest BCUT2D eigenvalue weighted by Gasteiger charge is -2.45. The molecule has 0 amide bonds. The Hall–Kier alpha value is -2.64. The average Bonchev–Trinajstić information content (AvgIpc) is 3.18. The van der Waals surface area contributed by atoms with E-state index in [4.69, 9.17) is 9.72 Å². The summed E-state index contributed by atoms with van der Waals surface area (Å²) in [4.78, 5) is 10.1. The van der Waals surface area contributed by atoms with Crippen molar-refractivity contribution in [2.45, 2.75) is 39.3 Å². The molecule has 2 atom stereocenters. The first-order valence-electron chi connectivity index (χ1n) is 11.4. The van der Waals surface area contributed by atoms with Gasteiger partial charge in [0.05, 0.1) is 12.2 Å². The number of hydrogen-bond donors (Lipinski definition) is 1. The summed E-state index contributed by atoms with van der Waals surface area (Å²) < 4.78 is 8.21. The van der Waals surface area contributed by atoms with Crippen LogP contribution in [0.15, 0.2) is 36.7 Å². The number of hydrogen-bond acceptors (Lipinski definition) is 6. The number of fused-ring (bicyclic) bond motifs is 5.